The molecule has 0 radical (unpaired) electrons. The number of rotatable bonds is 7. The molecule has 0 aliphatic carbocycles. The van der Waals surface area contributed by atoms with E-state index in [-0.39, 0.29) is 16.3 Å². The average Bonchev–Trinajstić information content (AvgIpc) is 2.72. The van der Waals surface area contributed by atoms with E-state index in [1.54, 1.807) is 6.20 Å². The molecule has 1 aliphatic rings. The van der Waals surface area contributed by atoms with E-state index >= 15 is 0 Å². The molecule has 1 aromatic carbocycles. The first-order valence-corrected chi connectivity index (χ1v) is 12.3. The molecular weight excluding hydrogens is 414 g/mol. The second-order valence-electron chi connectivity index (χ2n) is 6.79. The molecule has 29 heavy (non-hydrogen) atoms. The van der Waals surface area contributed by atoms with Gasteiger partial charge in [0.15, 0.2) is 0 Å². The van der Waals surface area contributed by atoms with Crippen molar-refractivity contribution < 1.29 is 16.8 Å². The fraction of sp³-hybridized carbons (Fsp3) is 0.389. The number of hydrogen-bond acceptors (Lipinski definition) is 7. The number of primary sulfonamides is 1. The first kappa shape index (κ1) is 21.7. The predicted octanol–water partition coefficient (Wildman–Crippen LogP) is 0.349. The minimum atomic E-state index is -3.98. The van der Waals surface area contributed by atoms with E-state index in [9.17, 15) is 16.8 Å². The van der Waals surface area contributed by atoms with Crippen molar-refractivity contribution in [3.05, 3.63) is 48.2 Å². The van der Waals surface area contributed by atoms with Gasteiger partial charge >= 0.3 is 0 Å². The van der Waals surface area contributed by atoms with Crippen molar-refractivity contribution in [1.82, 2.24) is 14.6 Å². The van der Waals surface area contributed by atoms with Crippen LogP contribution in [0.3, 0.4) is 0 Å². The van der Waals surface area contributed by atoms with Crippen LogP contribution in [-0.4, -0.2) is 59.4 Å². The highest BCUT2D eigenvalue weighted by atomic mass is 32.2. The third-order valence-electron chi connectivity index (χ3n) is 4.86. The summed E-state index contributed by atoms with van der Waals surface area (Å²) in [6.07, 6.45) is 1.64. The number of nitrogens with zero attached hydrogens (tertiary/aromatic N) is 3. The number of nitrogens with two attached hydrogens (primary N) is 1. The Bertz CT molecular complexity index is 1050. The molecule has 0 bridgehead atoms. The largest absolute Gasteiger partial charge is 0.354 e. The summed E-state index contributed by atoms with van der Waals surface area (Å²) in [6.45, 7) is 7.04. The van der Waals surface area contributed by atoms with Crippen LogP contribution in [0.15, 0.2) is 52.4 Å². The van der Waals surface area contributed by atoms with Crippen molar-refractivity contribution in [3.8, 4) is 0 Å². The van der Waals surface area contributed by atoms with Crippen LogP contribution >= 0.6 is 0 Å². The number of aromatic nitrogens is 1. The van der Waals surface area contributed by atoms with Gasteiger partial charge in [0.2, 0.25) is 20.0 Å². The number of piperazine rings is 1. The number of sulfonamides is 2. The van der Waals surface area contributed by atoms with Crippen LogP contribution in [0.2, 0.25) is 0 Å². The first-order chi connectivity index (χ1) is 13.7. The Balaban J connectivity index is 1.64. The summed E-state index contributed by atoms with van der Waals surface area (Å²) >= 11 is 0. The molecule has 0 amide bonds. The quantitative estimate of drug-likeness (QED) is 0.637. The van der Waals surface area contributed by atoms with Gasteiger partial charge < -0.3 is 9.80 Å². The Kier molecular flexibility index (Phi) is 6.54. The summed E-state index contributed by atoms with van der Waals surface area (Å²) in [5, 5.41) is 5.07. The van der Waals surface area contributed by atoms with Crippen LogP contribution in [0.1, 0.15) is 12.5 Å². The molecule has 3 N–H and O–H groups in total. The molecule has 0 unspecified atom stereocenters. The Hall–Kier alpha value is -2.05. The summed E-state index contributed by atoms with van der Waals surface area (Å²) < 4.78 is 50.3. The van der Waals surface area contributed by atoms with Crippen molar-refractivity contribution >= 4 is 25.9 Å². The first-order valence-electron chi connectivity index (χ1n) is 9.24. The SMILES string of the molecule is CCN1CCN(c2ccc(CNS(=O)(=O)c3cccc(S(N)(=O)=O)c3)cn2)CC1. The molecule has 158 valence electrons. The van der Waals surface area contributed by atoms with Gasteiger partial charge in [-0.15, -0.1) is 0 Å². The Labute approximate surface area is 171 Å². The van der Waals surface area contributed by atoms with Gasteiger partial charge in [-0.3, -0.25) is 0 Å². The van der Waals surface area contributed by atoms with Crippen molar-refractivity contribution in [3.63, 3.8) is 0 Å². The zero-order valence-corrected chi connectivity index (χ0v) is 17.8. The maximum atomic E-state index is 12.5. The molecule has 3 rings (SSSR count). The maximum absolute atomic E-state index is 12.5. The summed E-state index contributed by atoms with van der Waals surface area (Å²) in [4.78, 5) is 8.62. The maximum Gasteiger partial charge on any atom is 0.240 e. The number of likely N-dealkylation sites (N-methyl/N-ethyl adjacent to an activating group) is 1. The number of pyridine rings is 1. The second-order valence-corrected chi connectivity index (χ2v) is 10.1. The lowest BCUT2D eigenvalue weighted by molar-refractivity contribution is 0.270. The highest BCUT2D eigenvalue weighted by molar-refractivity contribution is 7.90. The minimum Gasteiger partial charge on any atom is -0.354 e. The molecule has 1 fully saturated rings. The van der Waals surface area contributed by atoms with Crippen LogP contribution in [-0.2, 0) is 26.6 Å². The molecule has 0 saturated carbocycles. The third kappa shape index (κ3) is 5.52. The molecule has 2 heterocycles. The van der Waals surface area contributed by atoms with Gasteiger partial charge in [0.1, 0.15) is 5.82 Å². The second kappa shape index (κ2) is 8.76. The zero-order chi connectivity index (χ0) is 21.1. The number of hydrogen-bond donors (Lipinski definition) is 2. The van der Waals surface area contributed by atoms with Crippen LogP contribution in [0.25, 0.3) is 0 Å². The minimum absolute atomic E-state index is 0.0405. The monoisotopic (exact) mass is 439 g/mol. The lowest BCUT2D eigenvalue weighted by atomic mass is 10.2. The van der Waals surface area contributed by atoms with Gasteiger partial charge in [-0.1, -0.05) is 19.1 Å². The number of benzene rings is 1. The molecule has 11 heteroatoms. The molecule has 1 saturated heterocycles. The average molecular weight is 440 g/mol. The summed E-state index contributed by atoms with van der Waals surface area (Å²) in [5.74, 6) is 0.869. The smallest absolute Gasteiger partial charge is 0.240 e. The van der Waals surface area contributed by atoms with Gasteiger partial charge in [-0.2, -0.15) is 0 Å². The van der Waals surface area contributed by atoms with E-state index in [0.717, 1.165) is 44.6 Å². The lowest BCUT2D eigenvalue weighted by Gasteiger charge is -2.34. The number of nitrogens with one attached hydrogen (secondary N) is 1. The molecule has 2 aromatic rings. The molecule has 0 spiro atoms. The van der Waals surface area contributed by atoms with Crippen LogP contribution in [0.4, 0.5) is 5.82 Å². The van der Waals surface area contributed by atoms with Crippen molar-refractivity contribution in [2.45, 2.75) is 23.3 Å². The van der Waals surface area contributed by atoms with E-state index in [2.05, 4.69) is 26.4 Å². The van der Waals surface area contributed by atoms with E-state index in [1.807, 2.05) is 12.1 Å². The Morgan fingerprint density at radius 2 is 1.72 bits per heavy atom. The predicted molar refractivity (Wildman–Crippen MR) is 110 cm³/mol. The van der Waals surface area contributed by atoms with Gasteiger partial charge in [0.25, 0.3) is 0 Å². The molecule has 9 nitrogen and oxygen atoms in total. The standard InChI is InChI=1S/C18H25N5O4S2/c1-2-22-8-10-23(11-9-22)18-7-6-15(13-20-18)14-21-29(26,27)17-5-3-4-16(12-17)28(19,24)25/h3-7,12-13,21H,2,8-11,14H2,1H3,(H2,19,24,25). The normalized spacial score (nSPS) is 16.1. The van der Waals surface area contributed by atoms with Gasteiger partial charge in [-0.25, -0.2) is 31.7 Å². The lowest BCUT2D eigenvalue weighted by Crippen LogP contribution is -2.46. The molecule has 0 atom stereocenters. The fourth-order valence-electron chi connectivity index (χ4n) is 3.08. The van der Waals surface area contributed by atoms with Crippen molar-refractivity contribution in [1.29, 1.82) is 0 Å². The van der Waals surface area contributed by atoms with Crippen molar-refractivity contribution in [2.24, 2.45) is 5.14 Å². The van der Waals surface area contributed by atoms with Crippen molar-refractivity contribution in [2.75, 3.05) is 37.6 Å². The Morgan fingerprint density at radius 1 is 1.03 bits per heavy atom. The van der Waals surface area contributed by atoms with Crippen LogP contribution < -0.4 is 14.8 Å². The van der Waals surface area contributed by atoms with Crippen LogP contribution in [0, 0.1) is 0 Å². The van der Waals surface area contributed by atoms with Gasteiger partial charge in [0, 0.05) is 38.9 Å². The topological polar surface area (TPSA) is 126 Å². The molecule has 1 aromatic heterocycles. The summed E-state index contributed by atoms with van der Waals surface area (Å²) in [6, 6.07) is 8.65. The zero-order valence-electron chi connectivity index (χ0n) is 16.2. The highest BCUT2D eigenvalue weighted by Crippen LogP contribution is 2.16. The number of anilines is 1. The fourth-order valence-corrected chi connectivity index (χ4v) is 4.78. The van der Waals surface area contributed by atoms with E-state index < -0.39 is 20.0 Å². The van der Waals surface area contributed by atoms with Gasteiger partial charge in [0.05, 0.1) is 9.79 Å². The highest BCUT2D eigenvalue weighted by Gasteiger charge is 2.18. The van der Waals surface area contributed by atoms with E-state index in [1.165, 1.54) is 18.2 Å². The van der Waals surface area contributed by atoms with Crippen LogP contribution in [0.5, 0.6) is 0 Å². The summed E-state index contributed by atoms with van der Waals surface area (Å²) in [7, 11) is -7.88. The van der Waals surface area contributed by atoms with E-state index in [0.29, 0.717) is 5.56 Å². The molecule has 1 aliphatic heterocycles. The Morgan fingerprint density at radius 3 is 2.31 bits per heavy atom. The van der Waals surface area contributed by atoms with Gasteiger partial charge in [-0.05, 0) is 36.4 Å². The molecular formula is C18H25N5O4S2. The summed E-state index contributed by atoms with van der Waals surface area (Å²) in [5.41, 5.74) is 0.701. The third-order valence-corrected chi connectivity index (χ3v) is 7.17. The van der Waals surface area contributed by atoms with E-state index in [4.69, 9.17) is 5.14 Å².